The van der Waals surface area contributed by atoms with Gasteiger partial charge in [-0.2, -0.15) is 0 Å². The van der Waals surface area contributed by atoms with Crippen LogP contribution >= 0.6 is 0 Å². The molecule has 0 aliphatic heterocycles. The predicted molar refractivity (Wildman–Crippen MR) is 82.9 cm³/mol. The van der Waals surface area contributed by atoms with Gasteiger partial charge in [-0.1, -0.05) is 19.8 Å². The molecule has 2 rings (SSSR count). The highest BCUT2D eigenvalue weighted by molar-refractivity contribution is 7.91. The van der Waals surface area contributed by atoms with Crippen LogP contribution in [-0.4, -0.2) is 31.0 Å². The van der Waals surface area contributed by atoms with E-state index >= 15 is 0 Å². The summed E-state index contributed by atoms with van der Waals surface area (Å²) in [6.07, 6.45) is 8.76. The number of carbonyl (C=O) groups is 1. The van der Waals surface area contributed by atoms with Gasteiger partial charge in [-0.25, -0.2) is 8.42 Å². The molecule has 0 saturated heterocycles. The van der Waals surface area contributed by atoms with E-state index in [0.717, 1.165) is 44.9 Å². The van der Waals surface area contributed by atoms with Crippen molar-refractivity contribution in [1.29, 1.82) is 0 Å². The lowest BCUT2D eigenvalue weighted by Gasteiger charge is -2.45. The lowest BCUT2D eigenvalue weighted by atomic mass is 9.60. The Morgan fingerprint density at radius 1 is 1.19 bits per heavy atom. The first-order chi connectivity index (χ1) is 9.79. The van der Waals surface area contributed by atoms with Crippen LogP contribution in [0, 0.1) is 17.3 Å². The Kier molecular flexibility index (Phi) is 5.01. The number of aliphatic carboxylic acids is 1. The molecule has 4 nitrogen and oxygen atoms in total. The Morgan fingerprint density at radius 2 is 1.81 bits per heavy atom. The number of rotatable bonds is 4. The molecule has 0 radical (unpaired) electrons. The predicted octanol–water partition coefficient (Wildman–Crippen LogP) is 3.26. The van der Waals surface area contributed by atoms with Crippen LogP contribution < -0.4 is 0 Å². The van der Waals surface area contributed by atoms with Crippen molar-refractivity contribution in [3.05, 3.63) is 0 Å². The minimum absolute atomic E-state index is 0.0290. The van der Waals surface area contributed by atoms with Gasteiger partial charge in [-0.05, 0) is 56.8 Å². The highest BCUT2D eigenvalue weighted by atomic mass is 32.2. The topological polar surface area (TPSA) is 71.4 Å². The van der Waals surface area contributed by atoms with E-state index < -0.39 is 21.2 Å². The minimum Gasteiger partial charge on any atom is -0.481 e. The van der Waals surface area contributed by atoms with Crippen molar-refractivity contribution in [2.45, 2.75) is 70.0 Å². The summed E-state index contributed by atoms with van der Waals surface area (Å²) in [5.74, 6) is -0.0238. The van der Waals surface area contributed by atoms with Crippen LogP contribution in [0.15, 0.2) is 0 Å². The number of carboxylic acids is 1. The fraction of sp³-hybridized carbons (Fsp3) is 0.938. The van der Waals surface area contributed by atoms with E-state index in [1.54, 1.807) is 0 Å². The van der Waals surface area contributed by atoms with Crippen LogP contribution in [0.3, 0.4) is 0 Å². The molecule has 2 aliphatic rings. The van der Waals surface area contributed by atoms with Crippen LogP contribution in [0.1, 0.15) is 64.7 Å². The minimum atomic E-state index is -3.06. The first-order valence-electron chi connectivity index (χ1n) is 8.22. The summed E-state index contributed by atoms with van der Waals surface area (Å²) in [6.45, 7) is 2.17. The van der Waals surface area contributed by atoms with Gasteiger partial charge >= 0.3 is 5.97 Å². The van der Waals surface area contributed by atoms with E-state index in [4.69, 9.17) is 0 Å². The van der Waals surface area contributed by atoms with Crippen molar-refractivity contribution in [2.75, 3.05) is 6.26 Å². The Labute approximate surface area is 128 Å². The lowest BCUT2D eigenvalue weighted by molar-refractivity contribution is -0.157. The Balaban J connectivity index is 2.17. The fourth-order valence-corrected chi connectivity index (χ4v) is 5.61. The summed E-state index contributed by atoms with van der Waals surface area (Å²) in [5.41, 5.74) is -0.672. The molecule has 0 bridgehead atoms. The molecule has 2 aliphatic carbocycles. The van der Waals surface area contributed by atoms with Gasteiger partial charge in [0.15, 0.2) is 0 Å². The lowest BCUT2D eigenvalue weighted by Crippen LogP contribution is -2.45. The van der Waals surface area contributed by atoms with Gasteiger partial charge in [-0.15, -0.1) is 0 Å². The molecule has 122 valence electrons. The first-order valence-corrected chi connectivity index (χ1v) is 10.2. The number of sulfone groups is 1. The van der Waals surface area contributed by atoms with Crippen molar-refractivity contribution < 1.29 is 18.3 Å². The third-order valence-corrected chi connectivity index (χ3v) is 7.65. The van der Waals surface area contributed by atoms with E-state index in [0.29, 0.717) is 18.8 Å². The zero-order valence-corrected chi connectivity index (χ0v) is 14.0. The maximum atomic E-state index is 12.0. The molecule has 1 N–H and O–H groups in total. The standard InChI is InChI=1S/C16H28O4S/c1-3-12-7-9-16(10-8-12,15(17)18)13-5-4-6-14(11-13)21(2,19)20/h12-14H,3-11H2,1-2H3,(H,17,18). The summed E-state index contributed by atoms with van der Waals surface area (Å²) < 4.78 is 23.7. The second-order valence-electron chi connectivity index (χ2n) is 7.13. The summed E-state index contributed by atoms with van der Waals surface area (Å²) in [7, 11) is -3.06. The zero-order valence-electron chi connectivity index (χ0n) is 13.2. The van der Waals surface area contributed by atoms with Crippen LogP contribution in [0.25, 0.3) is 0 Å². The maximum Gasteiger partial charge on any atom is 0.309 e. The van der Waals surface area contributed by atoms with Gasteiger partial charge < -0.3 is 5.11 Å². The van der Waals surface area contributed by atoms with Crippen LogP contribution in [0.5, 0.6) is 0 Å². The smallest absolute Gasteiger partial charge is 0.309 e. The normalized spacial score (nSPS) is 38.1. The average Bonchev–Trinajstić information content (AvgIpc) is 2.46. The highest BCUT2D eigenvalue weighted by Crippen LogP contribution is 2.50. The maximum absolute atomic E-state index is 12.0. The first kappa shape index (κ1) is 16.8. The molecule has 0 aromatic rings. The van der Waals surface area contributed by atoms with Crippen molar-refractivity contribution in [3.63, 3.8) is 0 Å². The molecule has 0 amide bonds. The van der Waals surface area contributed by atoms with E-state index in [9.17, 15) is 18.3 Å². The van der Waals surface area contributed by atoms with Crippen molar-refractivity contribution >= 4 is 15.8 Å². The third-order valence-electron chi connectivity index (χ3n) is 6.01. The molecule has 2 atom stereocenters. The Hall–Kier alpha value is -0.580. The van der Waals surface area contributed by atoms with Gasteiger partial charge in [0.2, 0.25) is 0 Å². The molecule has 0 spiro atoms. The van der Waals surface area contributed by atoms with Gasteiger partial charge in [0.25, 0.3) is 0 Å². The monoisotopic (exact) mass is 316 g/mol. The van der Waals surface area contributed by atoms with E-state index in [1.807, 2.05) is 0 Å². The van der Waals surface area contributed by atoms with Crippen molar-refractivity contribution in [3.8, 4) is 0 Å². The van der Waals surface area contributed by atoms with Crippen molar-refractivity contribution in [1.82, 2.24) is 0 Å². The largest absolute Gasteiger partial charge is 0.481 e. The van der Waals surface area contributed by atoms with Crippen LogP contribution in [0.4, 0.5) is 0 Å². The van der Waals surface area contributed by atoms with E-state index in [-0.39, 0.29) is 11.2 Å². The summed E-state index contributed by atoms with van der Waals surface area (Å²) in [4.78, 5) is 12.0. The second kappa shape index (κ2) is 6.27. The molecule has 0 heterocycles. The fourth-order valence-electron chi connectivity index (χ4n) is 4.43. The molecule has 0 aromatic carbocycles. The third kappa shape index (κ3) is 3.43. The Bertz CT molecular complexity index is 475. The average molecular weight is 316 g/mol. The number of carboxylic acid groups (broad SMARTS) is 1. The molecular formula is C16H28O4S. The van der Waals surface area contributed by atoms with Crippen LogP contribution in [-0.2, 0) is 14.6 Å². The van der Waals surface area contributed by atoms with E-state index in [2.05, 4.69) is 6.92 Å². The quantitative estimate of drug-likeness (QED) is 0.864. The van der Waals surface area contributed by atoms with Gasteiger partial charge in [0.1, 0.15) is 9.84 Å². The number of hydrogen-bond acceptors (Lipinski definition) is 3. The van der Waals surface area contributed by atoms with E-state index in [1.165, 1.54) is 6.26 Å². The van der Waals surface area contributed by atoms with Crippen molar-refractivity contribution in [2.24, 2.45) is 17.3 Å². The molecule has 2 saturated carbocycles. The SMILES string of the molecule is CCC1CCC(C(=O)O)(C2CCCC(S(C)(=O)=O)C2)CC1. The molecule has 2 unspecified atom stereocenters. The van der Waals surface area contributed by atoms with Gasteiger partial charge in [-0.3, -0.25) is 4.79 Å². The second-order valence-corrected chi connectivity index (χ2v) is 9.45. The summed E-state index contributed by atoms with van der Waals surface area (Å²) in [5, 5.41) is 9.50. The molecule has 21 heavy (non-hydrogen) atoms. The molecular weight excluding hydrogens is 288 g/mol. The summed E-state index contributed by atoms with van der Waals surface area (Å²) in [6, 6.07) is 0. The molecule has 5 heteroatoms. The van der Waals surface area contributed by atoms with Crippen LogP contribution in [0.2, 0.25) is 0 Å². The molecule has 0 aromatic heterocycles. The molecule has 2 fully saturated rings. The summed E-state index contributed by atoms with van der Waals surface area (Å²) >= 11 is 0. The highest BCUT2D eigenvalue weighted by Gasteiger charge is 2.49. The zero-order chi connectivity index (χ0) is 15.7. The van der Waals surface area contributed by atoms with Gasteiger partial charge in [0, 0.05) is 6.26 Å². The Morgan fingerprint density at radius 3 is 2.29 bits per heavy atom. The number of hydrogen-bond donors (Lipinski definition) is 1. The van der Waals surface area contributed by atoms with Gasteiger partial charge in [0.05, 0.1) is 10.7 Å².